The summed E-state index contributed by atoms with van der Waals surface area (Å²) in [5.41, 5.74) is -0.478. The minimum absolute atomic E-state index is 0.0179. The highest BCUT2D eigenvalue weighted by atomic mass is 16.5. The second-order valence-electron chi connectivity index (χ2n) is 6.65. The largest absolute Gasteiger partial charge is 0.493 e. The molecule has 2 saturated heterocycles. The molecule has 0 radical (unpaired) electrons. The molecule has 26 heavy (non-hydrogen) atoms. The van der Waals surface area contributed by atoms with Gasteiger partial charge in [-0.05, 0) is 25.6 Å². The average molecular weight is 362 g/mol. The Bertz CT molecular complexity index is 670. The van der Waals surface area contributed by atoms with Crippen LogP contribution in [-0.4, -0.2) is 71.4 Å². The van der Waals surface area contributed by atoms with Crippen molar-refractivity contribution in [3.05, 3.63) is 29.8 Å². The molecule has 2 aliphatic heterocycles. The molecule has 1 atom stereocenters. The molecule has 3 rings (SSSR count). The SMILES string of the molecule is CCOc1ccccc1C(=O)N1[C@@H](C(=O)O)COC12CCN(CC)CC2. The van der Waals surface area contributed by atoms with Gasteiger partial charge in [0.15, 0.2) is 6.04 Å². The topological polar surface area (TPSA) is 79.3 Å². The quantitative estimate of drug-likeness (QED) is 0.861. The van der Waals surface area contributed by atoms with Crippen molar-refractivity contribution in [3.63, 3.8) is 0 Å². The summed E-state index contributed by atoms with van der Waals surface area (Å²) in [7, 11) is 0. The van der Waals surface area contributed by atoms with Gasteiger partial charge in [0.05, 0.1) is 18.8 Å². The molecule has 2 heterocycles. The number of nitrogens with zero attached hydrogens (tertiary/aromatic N) is 2. The normalized spacial score (nSPS) is 22.5. The number of aliphatic carboxylic acids is 1. The van der Waals surface area contributed by atoms with Crippen LogP contribution in [0.15, 0.2) is 24.3 Å². The van der Waals surface area contributed by atoms with Crippen molar-refractivity contribution in [1.29, 1.82) is 0 Å². The molecule has 0 bridgehead atoms. The lowest BCUT2D eigenvalue weighted by Gasteiger charge is -2.44. The monoisotopic (exact) mass is 362 g/mol. The Kier molecular flexibility index (Phi) is 5.48. The summed E-state index contributed by atoms with van der Waals surface area (Å²) in [5.74, 6) is -0.914. The number of carboxylic acid groups (broad SMARTS) is 1. The Labute approximate surface area is 153 Å². The fourth-order valence-corrected chi connectivity index (χ4v) is 3.83. The summed E-state index contributed by atoms with van der Waals surface area (Å²) in [6.07, 6.45) is 1.21. The highest BCUT2D eigenvalue weighted by Gasteiger charge is 2.54. The molecule has 0 aromatic heterocycles. The van der Waals surface area contributed by atoms with Crippen LogP contribution in [-0.2, 0) is 9.53 Å². The van der Waals surface area contributed by atoms with Crippen LogP contribution in [0.3, 0.4) is 0 Å². The van der Waals surface area contributed by atoms with E-state index in [4.69, 9.17) is 9.47 Å². The predicted octanol–water partition coefficient (Wildman–Crippen LogP) is 1.82. The van der Waals surface area contributed by atoms with Crippen LogP contribution >= 0.6 is 0 Å². The van der Waals surface area contributed by atoms with E-state index in [-0.39, 0.29) is 12.5 Å². The summed E-state index contributed by atoms with van der Waals surface area (Å²) < 4.78 is 11.5. The fourth-order valence-electron chi connectivity index (χ4n) is 3.83. The average Bonchev–Trinajstić information content (AvgIpc) is 3.02. The number of hydrogen-bond donors (Lipinski definition) is 1. The van der Waals surface area contributed by atoms with Crippen molar-refractivity contribution >= 4 is 11.9 Å². The van der Waals surface area contributed by atoms with E-state index in [1.54, 1.807) is 24.3 Å². The Morgan fingerprint density at radius 1 is 1.27 bits per heavy atom. The van der Waals surface area contributed by atoms with E-state index in [2.05, 4.69) is 11.8 Å². The first-order chi connectivity index (χ1) is 12.5. The van der Waals surface area contributed by atoms with E-state index in [0.29, 0.717) is 30.8 Å². The van der Waals surface area contributed by atoms with Gasteiger partial charge in [-0.3, -0.25) is 9.69 Å². The van der Waals surface area contributed by atoms with Gasteiger partial charge in [0.1, 0.15) is 11.5 Å². The smallest absolute Gasteiger partial charge is 0.328 e. The van der Waals surface area contributed by atoms with Gasteiger partial charge in [-0.2, -0.15) is 0 Å². The number of rotatable bonds is 5. The van der Waals surface area contributed by atoms with Gasteiger partial charge in [0.2, 0.25) is 0 Å². The number of piperidine rings is 1. The zero-order valence-corrected chi connectivity index (χ0v) is 15.3. The Morgan fingerprint density at radius 2 is 1.96 bits per heavy atom. The first kappa shape index (κ1) is 18.7. The van der Waals surface area contributed by atoms with Crippen LogP contribution in [0.25, 0.3) is 0 Å². The van der Waals surface area contributed by atoms with E-state index >= 15 is 0 Å². The van der Waals surface area contributed by atoms with Crippen molar-refractivity contribution in [2.75, 3.05) is 32.8 Å². The van der Waals surface area contributed by atoms with Crippen LogP contribution in [0.4, 0.5) is 0 Å². The molecule has 2 aliphatic rings. The lowest BCUT2D eigenvalue weighted by Crippen LogP contribution is -2.58. The van der Waals surface area contributed by atoms with E-state index in [0.717, 1.165) is 19.6 Å². The molecule has 1 aromatic carbocycles. The van der Waals surface area contributed by atoms with Gasteiger partial charge in [-0.25, -0.2) is 4.79 Å². The highest BCUT2D eigenvalue weighted by Crippen LogP contribution is 2.39. The minimum Gasteiger partial charge on any atom is -0.493 e. The zero-order valence-electron chi connectivity index (χ0n) is 15.3. The van der Waals surface area contributed by atoms with E-state index in [1.165, 1.54) is 4.90 Å². The Morgan fingerprint density at radius 3 is 2.58 bits per heavy atom. The lowest BCUT2D eigenvalue weighted by molar-refractivity contribution is -0.143. The summed E-state index contributed by atoms with van der Waals surface area (Å²) in [5, 5.41) is 9.65. The van der Waals surface area contributed by atoms with Crippen molar-refractivity contribution in [2.24, 2.45) is 0 Å². The van der Waals surface area contributed by atoms with Crippen molar-refractivity contribution in [3.8, 4) is 5.75 Å². The number of hydrogen-bond acceptors (Lipinski definition) is 5. The van der Waals surface area contributed by atoms with Gasteiger partial charge in [0.25, 0.3) is 5.91 Å². The molecule has 1 spiro atoms. The number of para-hydroxylation sites is 1. The molecule has 0 saturated carbocycles. The lowest BCUT2D eigenvalue weighted by atomic mass is 9.96. The molecule has 1 amide bonds. The fraction of sp³-hybridized carbons (Fsp3) is 0.579. The maximum absolute atomic E-state index is 13.4. The molecule has 1 N–H and O–H groups in total. The van der Waals surface area contributed by atoms with Crippen LogP contribution in [0.2, 0.25) is 0 Å². The third kappa shape index (κ3) is 3.29. The van der Waals surface area contributed by atoms with E-state index in [1.807, 2.05) is 6.92 Å². The van der Waals surface area contributed by atoms with Gasteiger partial charge in [-0.15, -0.1) is 0 Å². The minimum atomic E-state index is -1.04. The zero-order chi connectivity index (χ0) is 18.7. The number of carbonyl (C=O) groups is 2. The van der Waals surface area contributed by atoms with Crippen molar-refractivity contribution in [1.82, 2.24) is 9.80 Å². The number of likely N-dealkylation sites (tertiary alicyclic amines) is 1. The second kappa shape index (κ2) is 7.63. The van der Waals surface area contributed by atoms with Gasteiger partial charge in [-0.1, -0.05) is 19.1 Å². The third-order valence-corrected chi connectivity index (χ3v) is 5.27. The number of carbonyl (C=O) groups excluding carboxylic acids is 1. The van der Waals surface area contributed by atoms with Gasteiger partial charge < -0.3 is 19.5 Å². The van der Waals surface area contributed by atoms with Crippen molar-refractivity contribution < 1.29 is 24.2 Å². The molecular weight excluding hydrogens is 336 g/mol. The molecule has 2 fully saturated rings. The van der Waals surface area contributed by atoms with Crippen LogP contribution in [0, 0.1) is 0 Å². The molecule has 142 valence electrons. The number of amides is 1. The summed E-state index contributed by atoms with van der Waals surface area (Å²) in [6, 6.07) is 5.99. The number of ether oxygens (including phenoxy) is 2. The summed E-state index contributed by atoms with van der Waals surface area (Å²) >= 11 is 0. The highest BCUT2D eigenvalue weighted by molar-refractivity contribution is 5.99. The van der Waals surface area contributed by atoms with Crippen molar-refractivity contribution in [2.45, 2.75) is 38.5 Å². The standard InChI is InChI=1S/C19H26N2O5/c1-3-20-11-9-19(10-12-20)21(15(13-26-19)18(23)24)17(22)14-7-5-6-8-16(14)25-4-2/h5-8,15H,3-4,9-13H2,1-2H3,(H,23,24)/t15-/m1/s1. The van der Waals surface area contributed by atoms with Crippen LogP contribution < -0.4 is 4.74 Å². The van der Waals surface area contributed by atoms with Crippen LogP contribution in [0.1, 0.15) is 37.0 Å². The molecule has 0 aliphatic carbocycles. The predicted molar refractivity (Wildman–Crippen MR) is 95.2 cm³/mol. The molecule has 1 aromatic rings. The van der Waals surface area contributed by atoms with E-state index < -0.39 is 17.7 Å². The second-order valence-corrected chi connectivity index (χ2v) is 6.65. The molecule has 7 nitrogen and oxygen atoms in total. The first-order valence-electron chi connectivity index (χ1n) is 9.17. The number of benzene rings is 1. The maximum Gasteiger partial charge on any atom is 0.328 e. The molecular formula is C19H26N2O5. The summed E-state index contributed by atoms with van der Waals surface area (Å²) in [6.45, 7) is 6.87. The van der Waals surface area contributed by atoms with Gasteiger partial charge >= 0.3 is 5.97 Å². The molecule has 7 heteroatoms. The maximum atomic E-state index is 13.4. The Balaban J connectivity index is 1.95. The Hall–Kier alpha value is -2.12. The number of carboxylic acids is 1. The van der Waals surface area contributed by atoms with Crippen LogP contribution in [0.5, 0.6) is 5.75 Å². The van der Waals surface area contributed by atoms with E-state index in [9.17, 15) is 14.7 Å². The first-order valence-corrected chi connectivity index (χ1v) is 9.17. The van der Waals surface area contributed by atoms with Gasteiger partial charge in [0, 0.05) is 25.9 Å². The molecule has 0 unspecified atom stereocenters. The summed E-state index contributed by atoms with van der Waals surface area (Å²) in [4.78, 5) is 28.9. The third-order valence-electron chi connectivity index (χ3n) is 5.27.